The van der Waals surface area contributed by atoms with Crippen LogP contribution in [0.3, 0.4) is 0 Å². The normalized spacial score (nSPS) is 10.2. The molecule has 0 fully saturated rings. The molecular formula is C13H8ClIN2O4. The zero-order valence-corrected chi connectivity index (χ0v) is 13.3. The fourth-order valence-corrected chi connectivity index (χ4v) is 2.57. The largest absolute Gasteiger partial charge is 0.478 e. The van der Waals surface area contributed by atoms with Crippen LogP contribution in [0, 0.1) is 13.7 Å². The zero-order valence-electron chi connectivity index (χ0n) is 10.3. The first-order chi connectivity index (χ1) is 9.88. The lowest BCUT2D eigenvalue weighted by Gasteiger charge is -2.11. The van der Waals surface area contributed by atoms with Gasteiger partial charge in [-0.3, -0.25) is 10.1 Å². The van der Waals surface area contributed by atoms with Crippen LogP contribution in [0.15, 0.2) is 36.4 Å². The summed E-state index contributed by atoms with van der Waals surface area (Å²) in [5.74, 6) is -1.26. The molecule has 0 atom stereocenters. The van der Waals surface area contributed by atoms with Gasteiger partial charge in [0, 0.05) is 15.7 Å². The smallest absolute Gasteiger partial charge is 0.338 e. The summed E-state index contributed by atoms with van der Waals surface area (Å²) in [6.45, 7) is 0. The molecule has 2 rings (SSSR count). The molecule has 0 aliphatic heterocycles. The highest BCUT2D eigenvalue weighted by molar-refractivity contribution is 14.1. The molecule has 0 spiro atoms. The number of hydrogen-bond donors (Lipinski definition) is 2. The van der Waals surface area contributed by atoms with E-state index >= 15 is 0 Å². The van der Waals surface area contributed by atoms with Crippen LogP contribution < -0.4 is 5.32 Å². The number of carbonyl (C=O) groups is 1. The van der Waals surface area contributed by atoms with E-state index < -0.39 is 10.9 Å². The first-order valence-electron chi connectivity index (χ1n) is 5.62. The van der Waals surface area contributed by atoms with Gasteiger partial charge in [-0.15, -0.1) is 0 Å². The van der Waals surface area contributed by atoms with Crippen molar-refractivity contribution in [2.24, 2.45) is 0 Å². The summed E-state index contributed by atoms with van der Waals surface area (Å²) in [6, 6.07) is 8.81. The lowest BCUT2D eigenvalue weighted by Crippen LogP contribution is -2.04. The second-order valence-corrected chi connectivity index (χ2v) is 5.69. The van der Waals surface area contributed by atoms with E-state index in [9.17, 15) is 14.9 Å². The predicted octanol–water partition coefficient (Wildman–Crippen LogP) is 4.29. The van der Waals surface area contributed by atoms with Crippen molar-refractivity contribution in [3.63, 3.8) is 0 Å². The summed E-state index contributed by atoms with van der Waals surface area (Å²) in [5, 5.41) is 23.2. The van der Waals surface area contributed by atoms with E-state index in [2.05, 4.69) is 27.9 Å². The van der Waals surface area contributed by atoms with Gasteiger partial charge in [0.2, 0.25) is 0 Å². The Morgan fingerprint density at radius 3 is 2.48 bits per heavy atom. The average molecular weight is 419 g/mol. The van der Waals surface area contributed by atoms with Crippen molar-refractivity contribution >= 4 is 57.2 Å². The molecule has 0 aromatic heterocycles. The third-order valence-corrected chi connectivity index (χ3v) is 3.63. The predicted molar refractivity (Wildman–Crippen MR) is 87.5 cm³/mol. The second-order valence-electron chi connectivity index (χ2n) is 4.04. The molecule has 2 N–H and O–H groups in total. The summed E-state index contributed by atoms with van der Waals surface area (Å²) in [4.78, 5) is 21.3. The fourth-order valence-electron chi connectivity index (χ4n) is 1.67. The summed E-state index contributed by atoms with van der Waals surface area (Å²) in [5.41, 5.74) is 0.273. The van der Waals surface area contributed by atoms with Gasteiger partial charge in [0.05, 0.1) is 26.9 Å². The number of anilines is 2. The van der Waals surface area contributed by atoms with Gasteiger partial charge in [-0.1, -0.05) is 11.6 Å². The van der Waals surface area contributed by atoms with Crippen molar-refractivity contribution < 1.29 is 14.8 Å². The van der Waals surface area contributed by atoms with Crippen molar-refractivity contribution in [1.29, 1.82) is 0 Å². The molecule has 0 amide bonds. The number of rotatable bonds is 4. The Morgan fingerprint density at radius 1 is 1.24 bits per heavy atom. The third kappa shape index (κ3) is 3.61. The first-order valence-corrected chi connectivity index (χ1v) is 7.08. The molecule has 0 unspecified atom stereocenters. The number of hydrogen-bond acceptors (Lipinski definition) is 4. The Hall–Kier alpha value is -1.87. The van der Waals surface area contributed by atoms with E-state index in [0.717, 1.165) is 9.64 Å². The zero-order chi connectivity index (χ0) is 15.6. The van der Waals surface area contributed by atoms with E-state index in [1.165, 1.54) is 12.1 Å². The number of nitrogens with one attached hydrogen (secondary N) is 1. The summed E-state index contributed by atoms with van der Waals surface area (Å²) in [6.07, 6.45) is 0. The van der Waals surface area contributed by atoms with Crippen molar-refractivity contribution in [2.75, 3.05) is 5.32 Å². The molecule has 8 heteroatoms. The van der Waals surface area contributed by atoms with Gasteiger partial charge in [-0.05, 0) is 46.9 Å². The van der Waals surface area contributed by atoms with Crippen LogP contribution in [0.2, 0.25) is 5.02 Å². The highest BCUT2D eigenvalue weighted by atomic mass is 127. The Bertz CT molecular complexity index is 736. The molecule has 0 heterocycles. The van der Waals surface area contributed by atoms with Crippen LogP contribution in [0.5, 0.6) is 0 Å². The number of halogens is 2. The Balaban J connectivity index is 2.44. The quantitative estimate of drug-likeness (QED) is 0.439. The summed E-state index contributed by atoms with van der Waals surface area (Å²) < 4.78 is 0.935. The minimum atomic E-state index is -1.26. The maximum atomic E-state index is 11.2. The van der Waals surface area contributed by atoms with Gasteiger partial charge in [0.1, 0.15) is 0 Å². The Morgan fingerprint density at radius 2 is 1.90 bits per heavy atom. The first kappa shape index (κ1) is 15.5. The highest BCUT2D eigenvalue weighted by Gasteiger charge is 2.16. The van der Waals surface area contributed by atoms with Crippen molar-refractivity contribution in [3.8, 4) is 0 Å². The van der Waals surface area contributed by atoms with Crippen LogP contribution >= 0.6 is 34.2 Å². The lowest BCUT2D eigenvalue weighted by atomic mass is 10.1. The van der Waals surface area contributed by atoms with Crippen molar-refractivity contribution in [2.45, 2.75) is 0 Å². The Labute approximate surface area is 138 Å². The van der Waals surface area contributed by atoms with E-state index in [1.807, 2.05) is 0 Å². The lowest BCUT2D eigenvalue weighted by molar-refractivity contribution is -0.384. The minimum Gasteiger partial charge on any atom is -0.478 e. The van der Waals surface area contributed by atoms with Crippen LogP contribution in [-0.2, 0) is 0 Å². The van der Waals surface area contributed by atoms with Gasteiger partial charge < -0.3 is 10.4 Å². The number of nitro groups is 1. The number of nitrogens with zero attached hydrogens (tertiary/aromatic N) is 1. The van der Waals surface area contributed by atoms with Gasteiger partial charge in [0.25, 0.3) is 5.69 Å². The maximum Gasteiger partial charge on any atom is 0.338 e. The number of aromatic carboxylic acids is 1. The van der Waals surface area contributed by atoms with Crippen LogP contribution in [0.4, 0.5) is 17.1 Å². The van der Waals surface area contributed by atoms with Gasteiger partial charge in [0.15, 0.2) is 0 Å². The topological polar surface area (TPSA) is 92.5 Å². The highest BCUT2D eigenvalue weighted by Crippen LogP contribution is 2.30. The summed E-state index contributed by atoms with van der Waals surface area (Å²) in [7, 11) is 0. The molecule has 2 aromatic rings. The molecule has 0 saturated heterocycles. The van der Waals surface area contributed by atoms with E-state index in [-0.39, 0.29) is 16.9 Å². The monoisotopic (exact) mass is 418 g/mol. The minimum absolute atomic E-state index is 0.196. The molecule has 0 bridgehead atoms. The number of non-ortho nitro benzene ring substituents is 1. The molecule has 0 saturated carbocycles. The molecule has 0 aliphatic rings. The average Bonchev–Trinajstić information content (AvgIpc) is 2.41. The van der Waals surface area contributed by atoms with E-state index in [4.69, 9.17) is 16.7 Å². The van der Waals surface area contributed by atoms with Gasteiger partial charge in [-0.25, -0.2) is 4.79 Å². The van der Waals surface area contributed by atoms with E-state index in [0.29, 0.717) is 10.7 Å². The van der Waals surface area contributed by atoms with Crippen LogP contribution in [0.1, 0.15) is 10.4 Å². The van der Waals surface area contributed by atoms with Crippen LogP contribution in [0.25, 0.3) is 0 Å². The summed E-state index contributed by atoms with van der Waals surface area (Å²) >= 11 is 8.17. The molecule has 0 radical (unpaired) electrons. The third-order valence-electron chi connectivity index (χ3n) is 2.64. The fraction of sp³-hybridized carbons (Fsp3) is 0. The number of carboxylic acids is 1. The SMILES string of the molecule is O=C(O)c1cc([N+](=O)[O-])ccc1Nc1ccc(I)cc1Cl. The molecule has 0 aliphatic carbocycles. The molecule has 108 valence electrons. The standard InChI is InChI=1S/C13H8ClIN2O4/c14-10-5-7(15)1-3-12(10)16-11-4-2-8(17(20)21)6-9(11)13(18)19/h1-6,16H,(H,18,19). The second kappa shape index (κ2) is 6.27. The van der Waals surface area contributed by atoms with Crippen molar-refractivity contribution in [1.82, 2.24) is 0 Å². The van der Waals surface area contributed by atoms with Crippen LogP contribution in [-0.4, -0.2) is 16.0 Å². The molecule has 6 nitrogen and oxygen atoms in total. The number of benzene rings is 2. The Kier molecular flexibility index (Phi) is 4.63. The molecule has 2 aromatic carbocycles. The molecular weight excluding hydrogens is 411 g/mol. The maximum absolute atomic E-state index is 11.2. The molecule has 21 heavy (non-hydrogen) atoms. The van der Waals surface area contributed by atoms with Gasteiger partial charge in [-0.2, -0.15) is 0 Å². The van der Waals surface area contributed by atoms with Crippen molar-refractivity contribution in [3.05, 3.63) is 60.7 Å². The number of nitro benzene ring substituents is 1. The van der Waals surface area contributed by atoms with E-state index in [1.54, 1.807) is 18.2 Å². The van der Waals surface area contributed by atoms with Gasteiger partial charge >= 0.3 is 5.97 Å². The number of carboxylic acid groups (broad SMARTS) is 1.